The molecule has 0 spiro atoms. The van der Waals surface area contributed by atoms with Gasteiger partial charge in [-0.25, -0.2) is 0 Å². The predicted octanol–water partition coefficient (Wildman–Crippen LogP) is 6.25. The molecule has 154 valence electrons. The third kappa shape index (κ3) is 3.78. The van der Waals surface area contributed by atoms with Gasteiger partial charge in [-0.3, -0.25) is 4.79 Å². The van der Waals surface area contributed by atoms with Crippen molar-refractivity contribution >= 4 is 50.7 Å². The minimum absolute atomic E-state index is 0.254. The number of fused-ring (bicyclic) bond motifs is 5. The van der Waals surface area contributed by atoms with Crippen LogP contribution in [0.2, 0.25) is 10.0 Å². The highest BCUT2D eigenvalue weighted by Gasteiger charge is 2.45. The van der Waals surface area contributed by atoms with E-state index in [0.717, 1.165) is 4.47 Å². The van der Waals surface area contributed by atoms with Crippen LogP contribution >= 0.6 is 39.1 Å². The van der Waals surface area contributed by atoms with Crippen molar-refractivity contribution in [1.29, 1.82) is 0 Å². The van der Waals surface area contributed by atoms with Crippen LogP contribution in [0, 0.1) is 0 Å². The van der Waals surface area contributed by atoms with Gasteiger partial charge in [0, 0.05) is 16.6 Å². The number of hydrogen-bond donors (Lipinski definition) is 1. The number of hydrogen-bond acceptors (Lipinski definition) is 3. The van der Waals surface area contributed by atoms with Crippen LogP contribution in [0.5, 0.6) is 11.5 Å². The lowest BCUT2D eigenvalue weighted by atomic mass is 9.89. The SMILES string of the molecule is O=C(NC1CCCN2c3c(ccc(Cl)c3Cl)Oc3cc(Br)ccc3C12)C(F)(F)F. The molecular formula is C19H14BrCl2F3N2O2. The largest absolute Gasteiger partial charge is 0.471 e. The lowest BCUT2D eigenvalue weighted by molar-refractivity contribution is -0.174. The van der Waals surface area contributed by atoms with E-state index in [2.05, 4.69) is 21.2 Å². The molecule has 2 aliphatic heterocycles. The Balaban J connectivity index is 1.87. The van der Waals surface area contributed by atoms with E-state index in [1.165, 1.54) is 0 Å². The molecule has 2 aromatic carbocycles. The number of ether oxygens (including phenoxy) is 1. The van der Waals surface area contributed by atoms with E-state index in [4.69, 9.17) is 27.9 Å². The third-order valence-electron chi connectivity index (χ3n) is 5.04. The molecule has 29 heavy (non-hydrogen) atoms. The Morgan fingerprint density at radius 2 is 1.97 bits per heavy atom. The summed E-state index contributed by atoms with van der Waals surface area (Å²) in [6, 6.07) is 7.18. The molecular weight excluding hydrogens is 496 g/mol. The van der Waals surface area contributed by atoms with Gasteiger partial charge in [0.05, 0.1) is 22.1 Å². The summed E-state index contributed by atoms with van der Waals surface area (Å²) in [7, 11) is 0. The number of amides is 1. The number of anilines is 1. The predicted molar refractivity (Wildman–Crippen MR) is 108 cm³/mol. The second kappa shape index (κ2) is 7.56. The van der Waals surface area contributed by atoms with E-state index in [1.54, 1.807) is 30.3 Å². The fourth-order valence-electron chi connectivity index (χ4n) is 3.86. The number of halogens is 6. The molecule has 2 aliphatic rings. The van der Waals surface area contributed by atoms with Crippen molar-refractivity contribution in [2.45, 2.75) is 31.1 Å². The van der Waals surface area contributed by atoms with Crippen LogP contribution in [0.15, 0.2) is 34.8 Å². The Morgan fingerprint density at radius 1 is 1.21 bits per heavy atom. The lowest BCUT2D eigenvalue weighted by Crippen LogP contribution is -2.52. The summed E-state index contributed by atoms with van der Waals surface area (Å²) in [5.41, 5.74) is 1.16. The van der Waals surface area contributed by atoms with Crippen LogP contribution in [0.1, 0.15) is 24.4 Å². The van der Waals surface area contributed by atoms with Gasteiger partial charge in [-0.1, -0.05) is 45.2 Å². The highest BCUT2D eigenvalue weighted by atomic mass is 79.9. The molecule has 0 saturated carbocycles. The first-order valence-electron chi connectivity index (χ1n) is 8.76. The maximum absolute atomic E-state index is 12.9. The molecule has 1 fully saturated rings. The molecule has 1 amide bonds. The van der Waals surface area contributed by atoms with Crippen molar-refractivity contribution in [2.24, 2.45) is 0 Å². The Hall–Kier alpha value is -1.64. The van der Waals surface area contributed by atoms with E-state index < -0.39 is 24.2 Å². The smallest absolute Gasteiger partial charge is 0.455 e. The van der Waals surface area contributed by atoms with Gasteiger partial charge >= 0.3 is 12.1 Å². The number of alkyl halides is 3. The topological polar surface area (TPSA) is 41.6 Å². The van der Waals surface area contributed by atoms with Crippen molar-refractivity contribution in [3.63, 3.8) is 0 Å². The van der Waals surface area contributed by atoms with Gasteiger partial charge in [-0.15, -0.1) is 0 Å². The zero-order valence-electron chi connectivity index (χ0n) is 14.7. The van der Waals surface area contributed by atoms with Gasteiger partial charge in [-0.05, 0) is 37.1 Å². The molecule has 0 aromatic heterocycles. The number of benzene rings is 2. The lowest BCUT2D eigenvalue weighted by Gasteiger charge is -2.42. The minimum Gasteiger partial charge on any atom is -0.455 e. The summed E-state index contributed by atoms with van der Waals surface area (Å²) < 4.78 is 45.6. The summed E-state index contributed by atoms with van der Waals surface area (Å²) in [5, 5.41) is 2.72. The summed E-state index contributed by atoms with van der Waals surface area (Å²) in [6.45, 7) is 0.523. The van der Waals surface area contributed by atoms with E-state index in [1.807, 2.05) is 4.90 Å². The molecule has 0 aliphatic carbocycles. The molecule has 10 heteroatoms. The maximum Gasteiger partial charge on any atom is 0.471 e. The molecule has 2 atom stereocenters. The summed E-state index contributed by atoms with van der Waals surface area (Å²) in [4.78, 5) is 13.6. The van der Waals surface area contributed by atoms with Crippen molar-refractivity contribution in [1.82, 2.24) is 5.32 Å². The Kier molecular flexibility index (Phi) is 5.38. The van der Waals surface area contributed by atoms with Gasteiger partial charge in [0.1, 0.15) is 11.4 Å². The molecule has 4 rings (SSSR count). The number of rotatable bonds is 1. The number of nitrogens with zero attached hydrogens (tertiary/aromatic N) is 1. The first-order valence-corrected chi connectivity index (χ1v) is 10.3. The first-order chi connectivity index (χ1) is 13.7. The molecule has 1 N–H and O–H groups in total. The van der Waals surface area contributed by atoms with Crippen LogP contribution in [-0.2, 0) is 4.79 Å². The summed E-state index contributed by atoms with van der Waals surface area (Å²) in [5.74, 6) is -1.05. The highest BCUT2D eigenvalue weighted by Crippen LogP contribution is 2.52. The summed E-state index contributed by atoms with van der Waals surface area (Å²) >= 11 is 16.1. The zero-order valence-corrected chi connectivity index (χ0v) is 17.8. The van der Waals surface area contributed by atoms with Crippen LogP contribution < -0.4 is 15.0 Å². The molecule has 0 radical (unpaired) electrons. The van der Waals surface area contributed by atoms with E-state index in [-0.39, 0.29) is 5.02 Å². The normalized spacial score (nSPS) is 20.7. The molecule has 0 bridgehead atoms. The molecule has 2 unspecified atom stereocenters. The summed E-state index contributed by atoms with van der Waals surface area (Å²) in [6.07, 6.45) is -4.02. The van der Waals surface area contributed by atoms with Crippen molar-refractivity contribution in [3.8, 4) is 11.5 Å². The standard InChI is InChI=1S/C19H14BrCl2F3N2O2/c20-9-3-4-10-14(8-9)29-13-6-5-11(21)15(22)17(13)27-7-1-2-12(16(10)27)26-18(28)19(23,24)25/h3-6,8,12,16H,1-2,7H2,(H,26,28). The Bertz CT molecular complexity index is 987. The van der Waals surface area contributed by atoms with Gasteiger partial charge < -0.3 is 15.0 Å². The van der Waals surface area contributed by atoms with Gasteiger partial charge in [-0.2, -0.15) is 13.2 Å². The van der Waals surface area contributed by atoms with Crippen LogP contribution in [0.3, 0.4) is 0 Å². The van der Waals surface area contributed by atoms with Crippen LogP contribution in [-0.4, -0.2) is 24.7 Å². The van der Waals surface area contributed by atoms with E-state index in [0.29, 0.717) is 47.2 Å². The van der Waals surface area contributed by atoms with E-state index in [9.17, 15) is 18.0 Å². The van der Waals surface area contributed by atoms with Crippen molar-refractivity contribution in [3.05, 3.63) is 50.4 Å². The van der Waals surface area contributed by atoms with Gasteiger partial charge in [0.15, 0.2) is 5.75 Å². The van der Waals surface area contributed by atoms with Gasteiger partial charge in [0.25, 0.3) is 0 Å². The fraction of sp³-hybridized carbons (Fsp3) is 0.316. The number of carbonyl (C=O) groups excluding carboxylic acids is 1. The average Bonchev–Trinajstić information content (AvgIpc) is 2.78. The quantitative estimate of drug-likeness (QED) is 0.494. The number of carbonyl (C=O) groups is 1. The van der Waals surface area contributed by atoms with Gasteiger partial charge in [0.2, 0.25) is 0 Å². The first kappa shape index (κ1) is 20.6. The highest BCUT2D eigenvalue weighted by molar-refractivity contribution is 9.10. The number of nitrogens with one attached hydrogen (secondary N) is 1. The van der Waals surface area contributed by atoms with Crippen LogP contribution in [0.25, 0.3) is 0 Å². The maximum atomic E-state index is 12.9. The average molecular weight is 510 g/mol. The molecule has 2 aromatic rings. The second-order valence-electron chi connectivity index (χ2n) is 6.85. The van der Waals surface area contributed by atoms with Crippen molar-refractivity contribution in [2.75, 3.05) is 11.4 Å². The fourth-order valence-corrected chi connectivity index (χ4v) is 4.62. The second-order valence-corrected chi connectivity index (χ2v) is 8.55. The number of piperidine rings is 1. The Labute approximate surface area is 183 Å². The monoisotopic (exact) mass is 508 g/mol. The van der Waals surface area contributed by atoms with Crippen LogP contribution in [0.4, 0.5) is 18.9 Å². The molecule has 1 saturated heterocycles. The molecule has 2 heterocycles. The van der Waals surface area contributed by atoms with E-state index >= 15 is 0 Å². The van der Waals surface area contributed by atoms with Crippen molar-refractivity contribution < 1.29 is 22.7 Å². The minimum atomic E-state index is -4.97. The third-order valence-corrected chi connectivity index (χ3v) is 6.33. The Morgan fingerprint density at radius 3 is 2.69 bits per heavy atom. The zero-order chi connectivity index (χ0) is 20.9. The molecule has 4 nitrogen and oxygen atoms in total.